The minimum atomic E-state index is 0.712. The van der Waals surface area contributed by atoms with Crippen LogP contribution in [-0.4, -0.2) is 7.11 Å². The van der Waals surface area contributed by atoms with Crippen LogP contribution in [0.1, 0.15) is 0 Å². The topological polar surface area (TPSA) is 9.23 Å². The highest BCUT2D eigenvalue weighted by Gasteiger charge is 2.06. The van der Waals surface area contributed by atoms with E-state index in [1.807, 2.05) is 17.5 Å². The van der Waals surface area contributed by atoms with Gasteiger partial charge in [-0.15, -0.1) is 11.3 Å². The molecule has 4 heteroatoms. The molecular formula is C9H6BrClOS. The predicted octanol–water partition coefficient (Wildman–Crippen LogP) is 4.33. The molecule has 0 aliphatic heterocycles. The minimum Gasteiger partial charge on any atom is -0.495 e. The van der Waals surface area contributed by atoms with Gasteiger partial charge in [-0.1, -0.05) is 11.6 Å². The lowest BCUT2D eigenvalue weighted by Crippen LogP contribution is -1.79. The summed E-state index contributed by atoms with van der Waals surface area (Å²) in [6, 6.07) is 3.92. The number of thiophene rings is 1. The second-order valence-electron chi connectivity index (χ2n) is 2.57. The number of hydrogen-bond acceptors (Lipinski definition) is 2. The van der Waals surface area contributed by atoms with Crippen molar-refractivity contribution < 1.29 is 4.74 Å². The summed E-state index contributed by atoms with van der Waals surface area (Å²) < 4.78 is 7.30. The molecule has 1 heterocycles. The fourth-order valence-corrected chi connectivity index (χ4v) is 2.75. The highest BCUT2D eigenvalue weighted by Crippen LogP contribution is 2.37. The van der Waals surface area contributed by atoms with Crippen LogP contribution in [0.3, 0.4) is 0 Å². The fraction of sp³-hybridized carbons (Fsp3) is 0.111. The third-order valence-corrected chi connectivity index (χ3v) is 3.92. The molecule has 68 valence electrons. The largest absolute Gasteiger partial charge is 0.495 e. The van der Waals surface area contributed by atoms with Gasteiger partial charge in [0, 0.05) is 19.9 Å². The first-order chi connectivity index (χ1) is 6.22. The van der Waals surface area contributed by atoms with Crippen molar-refractivity contribution in [3.8, 4) is 5.75 Å². The SMILES string of the molecule is COc1csc2cc(Br)c(Cl)cc12. The first kappa shape index (κ1) is 9.31. The van der Waals surface area contributed by atoms with E-state index in [1.165, 1.54) is 4.70 Å². The van der Waals surface area contributed by atoms with E-state index in [4.69, 9.17) is 16.3 Å². The Morgan fingerprint density at radius 3 is 2.92 bits per heavy atom. The number of ether oxygens (including phenoxy) is 1. The van der Waals surface area contributed by atoms with Crippen molar-refractivity contribution in [3.05, 3.63) is 27.0 Å². The highest BCUT2D eigenvalue weighted by atomic mass is 79.9. The quantitative estimate of drug-likeness (QED) is 0.754. The zero-order valence-corrected chi connectivity index (χ0v) is 9.96. The second kappa shape index (κ2) is 3.48. The van der Waals surface area contributed by atoms with Crippen LogP contribution in [0.4, 0.5) is 0 Å². The van der Waals surface area contributed by atoms with E-state index < -0.39 is 0 Å². The first-order valence-electron chi connectivity index (χ1n) is 3.62. The Balaban J connectivity index is 2.77. The molecule has 1 nitrogen and oxygen atoms in total. The van der Waals surface area contributed by atoms with Crippen LogP contribution in [0.2, 0.25) is 5.02 Å². The van der Waals surface area contributed by atoms with Crippen molar-refractivity contribution in [2.24, 2.45) is 0 Å². The maximum atomic E-state index is 5.98. The van der Waals surface area contributed by atoms with E-state index in [9.17, 15) is 0 Å². The van der Waals surface area contributed by atoms with Crippen molar-refractivity contribution in [2.75, 3.05) is 7.11 Å². The Morgan fingerprint density at radius 1 is 1.46 bits per heavy atom. The van der Waals surface area contributed by atoms with Crippen LogP contribution in [0, 0.1) is 0 Å². The molecule has 0 aliphatic carbocycles. The van der Waals surface area contributed by atoms with Crippen LogP contribution in [0.5, 0.6) is 5.75 Å². The number of benzene rings is 1. The molecule has 0 aliphatic rings. The van der Waals surface area contributed by atoms with Gasteiger partial charge in [0.2, 0.25) is 0 Å². The summed E-state index contributed by atoms with van der Waals surface area (Å²) in [7, 11) is 1.66. The summed E-state index contributed by atoms with van der Waals surface area (Å²) in [6.45, 7) is 0. The molecule has 0 fully saturated rings. The predicted molar refractivity (Wildman–Crippen MR) is 61.1 cm³/mol. The van der Waals surface area contributed by atoms with Gasteiger partial charge >= 0.3 is 0 Å². The summed E-state index contributed by atoms with van der Waals surface area (Å²) >= 11 is 11.0. The van der Waals surface area contributed by atoms with Gasteiger partial charge in [0.15, 0.2) is 0 Å². The molecule has 0 unspecified atom stereocenters. The minimum absolute atomic E-state index is 0.712. The normalized spacial score (nSPS) is 10.7. The summed E-state index contributed by atoms with van der Waals surface area (Å²) in [5.74, 6) is 0.884. The highest BCUT2D eigenvalue weighted by molar-refractivity contribution is 9.10. The maximum Gasteiger partial charge on any atom is 0.137 e. The molecular weight excluding hydrogens is 272 g/mol. The van der Waals surface area contributed by atoms with E-state index in [0.717, 1.165) is 15.6 Å². The molecule has 0 amide bonds. The molecule has 1 aromatic carbocycles. The average Bonchev–Trinajstić information content (AvgIpc) is 2.48. The standard InChI is InChI=1S/C9H6BrClOS/c1-12-8-4-13-9-3-6(10)7(11)2-5(8)9/h2-4H,1H3. The molecule has 0 saturated carbocycles. The summed E-state index contributed by atoms with van der Waals surface area (Å²) in [5.41, 5.74) is 0. The van der Waals surface area contributed by atoms with E-state index in [-0.39, 0.29) is 0 Å². The van der Waals surface area contributed by atoms with Gasteiger partial charge in [0.25, 0.3) is 0 Å². The Labute approximate surface area is 93.4 Å². The lowest BCUT2D eigenvalue weighted by atomic mass is 10.2. The van der Waals surface area contributed by atoms with Crippen molar-refractivity contribution in [1.82, 2.24) is 0 Å². The monoisotopic (exact) mass is 276 g/mol. The van der Waals surface area contributed by atoms with E-state index >= 15 is 0 Å². The summed E-state index contributed by atoms with van der Waals surface area (Å²) in [5, 5.41) is 3.76. The molecule has 0 atom stereocenters. The average molecular weight is 278 g/mol. The van der Waals surface area contributed by atoms with Crippen LogP contribution in [-0.2, 0) is 0 Å². The fourth-order valence-electron chi connectivity index (χ4n) is 1.16. The van der Waals surface area contributed by atoms with Crippen molar-refractivity contribution in [2.45, 2.75) is 0 Å². The van der Waals surface area contributed by atoms with Gasteiger partial charge in [0.05, 0.1) is 12.1 Å². The molecule has 0 saturated heterocycles. The number of fused-ring (bicyclic) bond motifs is 1. The molecule has 0 radical (unpaired) electrons. The van der Waals surface area contributed by atoms with Crippen LogP contribution < -0.4 is 4.74 Å². The molecule has 0 bridgehead atoms. The Morgan fingerprint density at radius 2 is 2.23 bits per heavy atom. The number of rotatable bonds is 1. The van der Waals surface area contributed by atoms with E-state index in [2.05, 4.69) is 15.9 Å². The Kier molecular flexibility index (Phi) is 2.49. The molecule has 0 spiro atoms. The van der Waals surface area contributed by atoms with Gasteiger partial charge in [-0.3, -0.25) is 0 Å². The van der Waals surface area contributed by atoms with Crippen molar-refractivity contribution in [3.63, 3.8) is 0 Å². The zero-order valence-electron chi connectivity index (χ0n) is 6.80. The molecule has 1 aromatic heterocycles. The van der Waals surface area contributed by atoms with Crippen LogP contribution in [0.15, 0.2) is 22.0 Å². The number of halogens is 2. The molecule has 2 rings (SSSR count). The van der Waals surface area contributed by atoms with Gasteiger partial charge in [-0.2, -0.15) is 0 Å². The van der Waals surface area contributed by atoms with Gasteiger partial charge in [-0.05, 0) is 28.1 Å². The Bertz CT molecular complexity index is 452. The maximum absolute atomic E-state index is 5.98. The van der Waals surface area contributed by atoms with Crippen molar-refractivity contribution in [1.29, 1.82) is 0 Å². The summed E-state index contributed by atoms with van der Waals surface area (Å²) in [6.07, 6.45) is 0. The molecule has 13 heavy (non-hydrogen) atoms. The van der Waals surface area contributed by atoms with E-state index in [1.54, 1.807) is 18.4 Å². The van der Waals surface area contributed by atoms with Gasteiger partial charge in [-0.25, -0.2) is 0 Å². The smallest absolute Gasteiger partial charge is 0.137 e. The van der Waals surface area contributed by atoms with Crippen LogP contribution >= 0.6 is 38.9 Å². The first-order valence-corrected chi connectivity index (χ1v) is 5.67. The zero-order chi connectivity index (χ0) is 9.42. The third kappa shape index (κ3) is 1.56. The van der Waals surface area contributed by atoms with Crippen molar-refractivity contribution >= 4 is 49.0 Å². The molecule has 2 aromatic rings. The molecule has 0 N–H and O–H groups in total. The number of hydrogen-bond donors (Lipinski definition) is 0. The lowest BCUT2D eigenvalue weighted by molar-refractivity contribution is 0.421. The van der Waals surface area contributed by atoms with Gasteiger partial charge in [0.1, 0.15) is 5.75 Å². The van der Waals surface area contributed by atoms with Crippen LogP contribution in [0.25, 0.3) is 10.1 Å². The summed E-state index contributed by atoms with van der Waals surface area (Å²) in [4.78, 5) is 0. The third-order valence-electron chi connectivity index (χ3n) is 1.80. The Hall–Kier alpha value is -0.250. The van der Waals surface area contributed by atoms with E-state index in [0.29, 0.717) is 5.02 Å². The second-order valence-corrected chi connectivity index (χ2v) is 4.74. The lowest BCUT2D eigenvalue weighted by Gasteiger charge is -1.98. The van der Waals surface area contributed by atoms with Gasteiger partial charge < -0.3 is 4.74 Å². The number of methoxy groups -OCH3 is 1.